The quantitative estimate of drug-likeness (QED) is 0.713. The molecule has 20 heavy (non-hydrogen) atoms. The molecule has 0 spiro atoms. The summed E-state index contributed by atoms with van der Waals surface area (Å²) in [5, 5.41) is 1.31. The number of hydrogen-bond donors (Lipinski definition) is 1. The second kappa shape index (κ2) is 6.91. The molecule has 1 fully saturated rings. The fourth-order valence-electron chi connectivity index (χ4n) is 3.49. The first-order valence-electron chi connectivity index (χ1n) is 7.24. The summed E-state index contributed by atoms with van der Waals surface area (Å²) in [5.41, 5.74) is 1.58. The van der Waals surface area contributed by atoms with Crippen LogP contribution >= 0.6 is 35.8 Å². The van der Waals surface area contributed by atoms with Crippen LogP contribution in [-0.4, -0.2) is 30.8 Å². The van der Waals surface area contributed by atoms with Crippen LogP contribution in [-0.2, 0) is 5.41 Å². The number of thiol groups is 1. The average molecular weight is 332 g/mol. The van der Waals surface area contributed by atoms with Crippen LogP contribution in [0.25, 0.3) is 0 Å². The molecule has 0 saturated heterocycles. The first-order chi connectivity index (χ1) is 9.51. The summed E-state index contributed by atoms with van der Waals surface area (Å²) < 4.78 is 0. The minimum atomic E-state index is 0.237. The molecule has 0 N–H and O–H groups in total. The Morgan fingerprint density at radius 2 is 1.95 bits per heavy atom. The molecule has 1 aromatic carbocycles. The molecule has 0 bridgehead atoms. The molecular formula is C16H23Cl2NS. The Morgan fingerprint density at radius 1 is 1.25 bits per heavy atom. The molecule has 1 aliphatic rings. The lowest BCUT2D eigenvalue weighted by atomic mass is 9.59. The van der Waals surface area contributed by atoms with E-state index >= 15 is 0 Å². The largest absolute Gasteiger partial charge is 0.306 e. The Balaban J connectivity index is 2.33. The van der Waals surface area contributed by atoms with Gasteiger partial charge < -0.3 is 4.90 Å². The van der Waals surface area contributed by atoms with Crippen molar-refractivity contribution in [3.8, 4) is 0 Å². The van der Waals surface area contributed by atoms with Crippen molar-refractivity contribution in [2.24, 2.45) is 0 Å². The van der Waals surface area contributed by atoms with Crippen LogP contribution in [0.5, 0.6) is 0 Å². The van der Waals surface area contributed by atoms with Gasteiger partial charge in [0.05, 0.1) is 10.0 Å². The maximum Gasteiger partial charge on any atom is 0.0595 e. The molecule has 0 aromatic heterocycles. The monoisotopic (exact) mass is 331 g/mol. The predicted octanol–water partition coefficient (Wildman–Crippen LogP) is 5.06. The second-order valence-corrected chi connectivity index (χ2v) is 7.25. The second-order valence-electron chi connectivity index (χ2n) is 5.98. The van der Waals surface area contributed by atoms with E-state index in [1.165, 1.54) is 31.2 Å². The fraction of sp³-hybridized carbons (Fsp3) is 0.625. The van der Waals surface area contributed by atoms with E-state index in [4.69, 9.17) is 23.2 Å². The molecule has 0 heterocycles. The average Bonchev–Trinajstić information content (AvgIpc) is 2.35. The van der Waals surface area contributed by atoms with Crippen LogP contribution in [0.2, 0.25) is 10.0 Å². The van der Waals surface area contributed by atoms with Gasteiger partial charge in [0.15, 0.2) is 0 Å². The van der Waals surface area contributed by atoms with Crippen molar-refractivity contribution in [2.75, 3.05) is 19.8 Å². The molecule has 1 atom stereocenters. The summed E-state index contributed by atoms with van der Waals surface area (Å²) in [5.74, 6) is 0.946. The van der Waals surface area contributed by atoms with Gasteiger partial charge in [-0.3, -0.25) is 0 Å². The summed E-state index contributed by atoms with van der Waals surface area (Å²) in [6.07, 6.45) is 6.10. The lowest BCUT2D eigenvalue weighted by Gasteiger charge is -2.51. The van der Waals surface area contributed by atoms with E-state index < -0.39 is 0 Å². The predicted molar refractivity (Wildman–Crippen MR) is 92.6 cm³/mol. The summed E-state index contributed by atoms with van der Waals surface area (Å²) >= 11 is 16.7. The van der Waals surface area contributed by atoms with E-state index in [2.05, 4.69) is 43.8 Å². The summed E-state index contributed by atoms with van der Waals surface area (Å²) in [6.45, 7) is 0. The SMILES string of the molecule is CN(C)C(CCCS)C1(c2ccc(Cl)c(Cl)c2)CCC1. The molecule has 1 saturated carbocycles. The van der Waals surface area contributed by atoms with Crippen molar-refractivity contribution in [3.63, 3.8) is 0 Å². The number of benzene rings is 1. The Hall–Kier alpha value is 0.110. The van der Waals surface area contributed by atoms with Gasteiger partial charge in [-0.25, -0.2) is 0 Å². The van der Waals surface area contributed by atoms with E-state index in [9.17, 15) is 0 Å². The third-order valence-electron chi connectivity index (χ3n) is 4.64. The van der Waals surface area contributed by atoms with Crippen molar-refractivity contribution in [1.29, 1.82) is 0 Å². The van der Waals surface area contributed by atoms with Crippen molar-refractivity contribution >= 4 is 35.8 Å². The van der Waals surface area contributed by atoms with Gasteiger partial charge >= 0.3 is 0 Å². The Labute approximate surface area is 138 Å². The molecule has 1 unspecified atom stereocenters. The Morgan fingerprint density at radius 3 is 2.40 bits per heavy atom. The Bertz CT molecular complexity index is 458. The number of rotatable bonds is 6. The van der Waals surface area contributed by atoms with Gasteiger partial charge in [0.25, 0.3) is 0 Å². The van der Waals surface area contributed by atoms with Crippen LogP contribution in [0, 0.1) is 0 Å². The van der Waals surface area contributed by atoms with Crippen LogP contribution < -0.4 is 0 Å². The molecule has 112 valence electrons. The Kier molecular flexibility index (Phi) is 5.70. The molecule has 0 radical (unpaired) electrons. The maximum atomic E-state index is 6.23. The molecule has 0 amide bonds. The number of likely N-dealkylation sites (N-methyl/N-ethyl adjacent to an activating group) is 1. The van der Waals surface area contributed by atoms with Crippen molar-refractivity contribution in [2.45, 2.75) is 43.6 Å². The van der Waals surface area contributed by atoms with E-state index in [0.717, 1.165) is 12.2 Å². The van der Waals surface area contributed by atoms with Crippen LogP contribution in [0.3, 0.4) is 0 Å². The van der Waals surface area contributed by atoms with E-state index in [1.54, 1.807) is 0 Å². The zero-order chi connectivity index (χ0) is 14.8. The topological polar surface area (TPSA) is 3.24 Å². The van der Waals surface area contributed by atoms with Gasteiger partial charge in [0.1, 0.15) is 0 Å². The summed E-state index contributed by atoms with van der Waals surface area (Å²) in [4.78, 5) is 2.37. The lowest BCUT2D eigenvalue weighted by Crippen LogP contribution is -2.52. The minimum absolute atomic E-state index is 0.237. The lowest BCUT2D eigenvalue weighted by molar-refractivity contribution is 0.0898. The molecule has 2 rings (SSSR count). The van der Waals surface area contributed by atoms with Gasteiger partial charge in [0.2, 0.25) is 0 Å². The highest BCUT2D eigenvalue weighted by Gasteiger charge is 2.46. The number of halogens is 2. The van der Waals surface area contributed by atoms with Gasteiger partial charge in [-0.15, -0.1) is 0 Å². The number of hydrogen-bond acceptors (Lipinski definition) is 2. The number of nitrogens with zero attached hydrogens (tertiary/aromatic N) is 1. The van der Waals surface area contributed by atoms with Gasteiger partial charge in [-0.2, -0.15) is 12.6 Å². The van der Waals surface area contributed by atoms with Gasteiger partial charge in [-0.05, 0) is 63.2 Å². The van der Waals surface area contributed by atoms with Crippen LogP contribution in [0.1, 0.15) is 37.7 Å². The highest BCUT2D eigenvalue weighted by atomic mass is 35.5. The zero-order valence-corrected chi connectivity index (χ0v) is 14.6. The summed E-state index contributed by atoms with van der Waals surface area (Å²) in [7, 11) is 4.36. The highest BCUT2D eigenvalue weighted by molar-refractivity contribution is 7.80. The molecule has 1 aromatic rings. The molecular weight excluding hydrogens is 309 g/mol. The molecule has 1 aliphatic carbocycles. The standard InChI is InChI=1S/C16H23Cl2NS/c1-19(2)15(5-3-10-20)16(8-4-9-16)12-6-7-13(17)14(18)11-12/h6-7,11,15,20H,3-5,8-10H2,1-2H3. The molecule has 1 nitrogen and oxygen atoms in total. The van der Waals surface area contributed by atoms with Crippen LogP contribution in [0.15, 0.2) is 18.2 Å². The molecule has 4 heteroatoms. The third kappa shape index (κ3) is 3.14. The van der Waals surface area contributed by atoms with E-state index in [1.807, 2.05) is 6.07 Å². The first kappa shape index (κ1) is 16.5. The normalized spacial score (nSPS) is 18.9. The summed E-state index contributed by atoms with van der Waals surface area (Å²) in [6, 6.07) is 6.70. The molecule has 0 aliphatic heterocycles. The fourth-order valence-corrected chi connectivity index (χ4v) is 3.97. The third-order valence-corrected chi connectivity index (χ3v) is 5.69. The van der Waals surface area contributed by atoms with Gasteiger partial charge in [-0.1, -0.05) is 35.7 Å². The van der Waals surface area contributed by atoms with E-state index in [-0.39, 0.29) is 5.41 Å². The highest BCUT2D eigenvalue weighted by Crippen LogP contribution is 2.49. The van der Waals surface area contributed by atoms with Crippen LogP contribution in [0.4, 0.5) is 0 Å². The van der Waals surface area contributed by atoms with Crippen molar-refractivity contribution < 1.29 is 0 Å². The van der Waals surface area contributed by atoms with Crippen molar-refractivity contribution in [1.82, 2.24) is 4.90 Å². The maximum absolute atomic E-state index is 6.23. The van der Waals surface area contributed by atoms with Crippen molar-refractivity contribution in [3.05, 3.63) is 33.8 Å². The van der Waals surface area contributed by atoms with E-state index in [0.29, 0.717) is 16.1 Å². The minimum Gasteiger partial charge on any atom is -0.306 e. The van der Waals surface area contributed by atoms with Gasteiger partial charge in [0, 0.05) is 11.5 Å². The first-order valence-corrected chi connectivity index (χ1v) is 8.63. The smallest absolute Gasteiger partial charge is 0.0595 e. The zero-order valence-electron chi connectivity index (χ0n) is 12.2.